The lowest BCUT2D eigenvalue weighted by Crippen LogP contribution is -2.34. The molecule has 0 bridgehead atoms. The molecule has 2 rings (SSSR count). The molecule has 1 aliphatic heterocycles. The van der Waals surface area contributed by atoms with Crippen LogP contribution in [0.1, 0.15) is 42.9 Å². The van der Waals surface area contributed by atoms with E-state index in [4.69, 9.17) is 4.74 Å². The van der Waals surface area contributed by atoms with Crippen molar-refractivity contribution in [3.05, 3.63) is 35.4 Å². The third-order valence-electron chi connectivity index (χ3n) is 4.12. The van der Waals surface area contributed by atoms with Crippen LogP contribution in [0.3, 0.4) is 0 Å². The number of hydrogen-bond donors (Lipinski definition) is 1. The highest BCUT2D eigenvalue weighted by molar-refractivity contribution is 5.27. The normalized spacial score (nSPS) is 21.1. The Hall–Kier alpha value is -0.900. The first-order valence-electron chi connectivity index (χ1n) is 7.70. The zero-order valence-electron chi connectivity index (χ0n) is 12.7. The number of aliphatic hydroxyl groups excluding tert-OH is 1. The molecule has 0 amide bonds. The average Bonchev–Trinajstić information content (AvgIpc) is 2.46. The molecule has 20 heavy (non-hydrogen) atoms. The van der Waals surface area contributed by atoms with Gasteiger partial charge in [0.2, 0.25) is 0 Å². The highest BCUT2D eigenvalue weighted by Crippen LogP contribution is 2.21. The Balaban J connectivity index is 1.75. The molecule has 1 aromatic carbocycles. The van der Waals surface area contributed by atoms with Crippen LogP contribution >= 0.6 is 0 Å². The SMILES string of the molecule is Cc1ccccc1C(O)CCN(C)CC1CCCCO1. The van der Waals surface area contributed by atoms with E-state index in [0.717, 1.165) is 31.7 Å². The second-order valence-electron chi connectivity index (χ2n) is 5.91. The maximum Gasteiger partial charge on any atom is 0.0804 e. The summed E-state index contributed by atoms with van der Waals surface area (Å²) >= 11 is 0. The largest absolute Gasteiger partial charge is 0.388 e. The predicted octanol–water partition coefficient (Wildman–Crippen LogP) is 2.92. The molecule has 1 N–H and O–H groups in total. The van der Waals surface area contributed by atoms with Gasteiger partial charge in [-0.2, -0.15) is 0 Å². The number of likely N-dealkylation sites (N-methyl/N-ethyl adjacent to an activating group) is 1. The Labute approximate surface area is 122 Å². The molecule has 0 radical (unpaired) electrons. The first-order valence-corrected chi connectivity index (χ1v) is 7.70. The molecule has 0 saturated carbocycles. The van der Waals surface area contributed by atoms with E-state index in [0.29, 0.717) is 6.10 Å². The highest BCUT2D eigenvalue weighted by atomic mass is 16.5. The van der Waals surface area contributed by atoms with Gasteiger partial charge >= 0.3 is 0 Å². The number of nitrogens with zero attached hydrogens (tertiary/aromatic N) is 1. The van der Waals surface area contributed by atoms with Crippen molar-refractivity contribution in [1.82, 2.24) is 4.90 Å². The Bertz CT molecular complexity index is 402. The molecule has 1 aromatic rings. The van der Waals surface area contributed by atoms with Crippen LogP contribution in [0, 0.1) is 6.92 Å². The highest BCUT2D eigenvalue weighted by Gasteiger charge is 2.17. The molecule has 3 heteroatoms. The Kier molecular flexibility index (Phi) is 6.02. The molecule has 2 unspecified atom stereocenters. The molecule has 1 saturated heterocycles. The second-order valence-corrected chi connectivity index (χ2v) is 5.91. The van der Waals surface area contributed by atoms with Gasteiger partial charge in [-0.1, -0.05) is 24.3 Å². The molecule has 1 fully saturated rings. The standard InChI is InChI=1S/C17H27NO2/c1-14-7-3-4-9-16(14)17(19)10-11-18(2)13-15-8-5-6-12-20-15/h3-4,7,9,15,17,19H,5-6,8,10-13H2,1-2H3. The van der Waals surface area contributed by atoms with Crippen LogP contribution in [0.25, 0.3) is 0 Å². The zero-order valence-corrected chi connectivity index (χ0v) is 12.7. The van der Waals surface area contributed by atoms with Gasteiger partial charge in [0.15, 0.2) is 0 Å². The molecule has 0 aromatic heterocycles. The monoisotopic (exact) mass is 277 g/mol. The minimum atomic E-state index is -0.370. The van der Waals surface area contributed by atoms with Gasteiger partial charge in [-0.25, -0.2) is 0 Å². The van der Waals surface area contributed by atoms with E-state index in [-0.39, 0.29) is 6.10 Å². The molecule has 1 aliphatic rings. The Morgan fingerprint density at radius 3 is 2.85 bits per heavy atom. The summed E-state index contributed by atoms with van der Waals surface area (Å²) in [5.41, 5.74) is 2.22. The summed E-state index contributed by atoms with van der Waals surface area (Å²) < 4.78 is 5.75. The van der Waals surface area contributed by atoms with Crippen molar-refractivity contribution in [2.45, 2.75) is 44.8 Å². The number of rotatable bonds is 6. The average molecular weight is 277 g/mol. The van der Waals surface area contributed by atoms with Crippen LogP contribution < -0.4 is 0 Å². The molecule has 1 heterocycles. The molecule has 0 aliphatic carbocycles. The van der Waals surface area contributed by atoms with Gasteiger partial charge in [-0.15, -0.1) is 0 Å². The Morgan fingerprint density at radius 1 is 1.35 bits per heavy atom. The fourth-order valence-corrected chi connectivity index (χ4v) is 2.85. The van der Waals surface area contributed by atoms with Gasteiger partial charge in [-0.3, -0.25) is 0 Å². The van der Waals surface area contributed by atoms with E-state index in [1.54, 1.807) is 0 Å². The van der Waals surface area contributed by atoms with Gasteiger partial charge in [0.05, 0.1) is 12.2 Å². The number of hydrogen-bond acceptors (Lipinski definition) is 3. The van der Waals surface area contributed by atoms with E-state index >= 15 is 0 Å². The first kappa shape index (κ1) is 15.5. The van der Waals surface area contributed by atoms with Crippen LogP contribution in [-0.4, -0.2) is 42.9 Å². The zero-order chi connectivity index (χ0) is 14.4. The van der Waals surface area contributed by atoms with Gasteiger partial charge in [0.25, 0.3) is 0 Å². The fraction of sp³-hybridized carbons (Fsp3) is 0.647. The molecule has 3 nitrogen and oxygen atoms in total. The Morgan fingerprint density at radius 2 is 2.15 bits per heavy atom. The van der Waals surface area contributed by atoms with Crippen molar-refractivity contribution in [1.29, 1.82) is 0 Å². The van der Waals surface area contributed by atoms with E-state index in [2.05, 4.69) is 24.9 Å². The van der Waals surface area contributed by atoms with Crippen molar-refractivity contribution >= 4 is 0 Å². The first-order chi connectivity index (χ1) is 9.66. The van der Waals surface area contributed by atoms with E-state index in [1.165, 1.54) is 24.8 Å². The maximum atomic E-state index is 10.3. The summed E-state index contributed by atoms with van der Waals surface area (Å²) in [4.78, 5) is 2.28. The summed E-state index contributed by atoms with van der Waals surface area (Å²) in [6, 6.07) is 8.08. The third kappa shape index (κ3) is 4.58. The van der Waals surface area contributed by atoms with Crippen molar-refractivity contribution in [3.63, 3.8) is 0 Å². The van der Waals surface area contributed by atoms with Crippen molar-refractivity contribution in [2.75, 3.05) is 26.7 Å². The van der Waals surface area contributed by atoms with Gasteiger partial charge in [-0.05, 0) is 50.8 Å². The molecular formula is C17H27NO2. The van der Waals surface area contributed by atoms with E-state index in [9.17, 15) is 5.11 Å². The van der Waals surface area contributed by atoms with Gasteiger partial charge in [0.1, 0.15) is 0 Å². The van der Waals surface area contributed by atoms with Crippen LogP contribution in [0.2, 0.25) is 0 Å². The minimum absolute atomic E-state index is 0.370. The topological polar surface area (TPSA) is 32.7 Å². The third-order valence-corrected chi connectivity index (χ3v) is 4.12. The van der Waals surface area contributed by atoms with Crippen LogP contribution in [0.4, 0.5) is 0 Å². The van der Waals surface area contributed by atoms with E-state index in [1.807, 2.05) is 18.2 Å². The summed E-state index contributed by atoms with van der Waals surface area (Å²) in [5, 5.41) is 10.3. The van der Waals surface area contributed by atoms with Gasteiger partial charge in [0, 0.05) is 19.7 Å². The second kappa shape index (κ2) is 7.77. The number of aliphatic hydroxyl groups is 1. The lowest BCUT2D eigenvalue weighted by molar-refractivity contribution is -0.00328. The smallest absolute Gasteiger partial charge is 0.0804 e. The number of ether oxygens (including phenoxy) is 1. The lowest BCUT2D eigenvalue weighted by Gasteiger charge is -2.28. The maximum absolute atomic E-state index is 10.3. The van der Waals surface area contributed by atoms with E-state index < -0.39 is 0 Å². The van der Waals surface area contributed by atoms with Crippen LogP contribution in [0.15, 0.2) is 24.3 Å². The lowest BCUT2D eigenvalue weighted by atomic mass is 10.0. The molecule has 2 atom stereocenters. The molecule has 112 valence electrons. The summed E-state index contributed by atoms with van der Waals surface area (Å²) in [5.74, 6) is 0. The van der Waals surface area contributed by atoms with Crippen LogP contribution in [-0.2, 0) is 4.74 Å². The summed E-state index contributed by atoms with van der Waals surface area (Å²) in [7, 11) is 2.11. The summed E-state index contributed by atoms with van der Waals surface area (Å²) in [6.45, 7) is 4.83. The number of benzene rings is 1. The van der Waals surface area contributed by atoms with Crippen molar-refractivity contribution in [3.8, 4) is 0 Å². The quantitative estimate of drug-likeness (QED) is 0.868. The molecule has 0 spiro atoms. The minimum Gasteiger partial charge on any atom is -0.388 e. The fourth-order valence-electron chi connectivity index (χ4n) is 2.85. The van der Waals surface area contributed by atoms with Crippen LogP contribution in [0.5, 0.6) is 0 Å². The number of aryl methyl sites for hydroxylation is 1. The summed E-state index contributed by atoms with van der Waals surface area (Å²) in [6.07, 6.45) is 4.44. The molecular weight excluding hydrogens is 250 g/mol. The van der Waals surface area contributed by atoms with Gasteiger partial charge < -0.3 is 14.7 Å². The van der Waals surface area contributed by atoms with Crippen molar-refractivity contribution in [2.24, 2.45) is 0 Å². The predicted molar refractivity (Wildman–Crippen MR) is 81.8 cm³/mol. The van der Waals surface area contributed by atoms with Crippen molar-refractivity contribution < 1.29 is 9.84 Å².